The summed E-state index contributed by atoms with van der Waals surface area (Å²) in [7, 11) is 0. The molecule has 0 heterocycles. The molecule has 4 nitrogen and oxygen atoms in total. The van der Waals surface area contributed by atoms with E-state index in [4.69, 9.17) is 10.8 Å². The summed E-state index contributed by atoms with van der Waals surface area (Å²) in [6.07, 6.45) is 0.330. The van der Waals surface area contributed by atoms with Crippen molar-refractivity contribution in [1.29, 1.82) is 0 Å². The van der Waals surface area contributed by atoms with E-state index in [1.807, 2.05) is 26.0 Å². The number of phenolic OH excluding ortho intramolecular Hbond substituents is 1. The Bertz CT molecular complexity index is 402. The minimum absolute atomic E-state index is 0.00646. The monoisotopic (exact) mass is 237 g/mol. The van der Waals surface area contributed by atoms with Gasteiger partial charge in [0.15, 0.2) is 0 Å². The average molecular weight is 237 g/mol. The standard InChI is InChI=1S/C13H19NO3/c1-8(2)9-4-3-5-10(13(9)17)11(14)6-7-12(15)16/h3-5,8,11,17H,6-7,14H2,1-2H3,(H,15,16). The van der Waals surface area contributed by atoms with E-state index in [1.54, 1.807) is 6.07 Å². The zero-order chi connectivity index (χ0) is 13.0. The lowest BCUT2D eigenvalue weighted by molar-refractivity contribution is -0.137. The highest BCUT2D eigenvalue weighted by Crippen LogP contribution is 2.33. The molecule has 0 saturated carbocycles. The fourth-order valence-corrected chi connectivity index (χ4v) is 1.78. The van der Waals surface area contributed by atoms with Crippen LogP contribution in [0, 0.1) is 0 Å². The van der Waals surface area contributed by atoms with Gasteiger partial charge in [-0.25, -0.2) is 0 Å². The van der Waals surface area contributed by atoms with Gasteiger partial charge in [0.1, 0.15) is 5.75 Å². The zero-order valence-electron chi connectivity index (χ0n) is 10.2. The highest BCUT2D eigenvalue weighted by molar-refractivity contribution is 5.66. The number of rotatable bonds is 5. The molecule has 0 amide bonds. The van der Waals surface area contributed by atoms with Crippen molar-refractivity contribution < 1.29 is 15.0 Å². The SMILES string of the molecule is CC(C)c1cccc(C(N)CCC(=O)O)c1O. The maximum Gasteiger partial charge on any atom is 0.303 e. The van der Waals surface area contributed by atoms with Crippen molar-refractivity contribution in [3.63, 3.8) is 0 Å². The highest BCUT2D eigenvalue weighted by atomic mass is 16.4. The van der Waals surface area contributed by atoms with Gasteiger partial charge in [0.05, 0.1) is 0 Å². The molecule has 0 spiro atoms. The predicted molar refractivity (Wildman–Crippen MR) is 66.0 cm³/mol. The van der Waals surface area contributed by atoms with Crippen LogP contribution in [0.15, 0.2) is 18.2 Å². The summed E-state index contributed by atoms with van der Waals surface area (Å²) < 4.78 is 0. The van der Waals surface area contributed by atoms with E-state index in [2.05, 4.69) is 0 Å². The van der Waals surface area contributed by atoms with Gasteiger partial charge >= 0.3 is 5.97 Å². The van der Waals surface area contributed by atoms with Crippen molar-refractivity contribution in [3.8, 4) is 5.75 Å². The number of hydrogen-bond donors (Lipinski definition) is 3. The summed E-state index contributed by atoms with van der Waals surface area (Å²) in [5.41, 5.74) is 7.35. The third-order valence-electron chi connectivity index (χ3n) is 2.79. The van der Waals surface area contributed by atoms with Crippen molar-refractivity contribution in [2.24, 2.45) is 5.73 Å². The molecule has 1 aromatic carbocycles. The summed E-state index contributed by atoms with van der Waals surface area (Å²) in [6, 6.07) is 5.00. The molecule has 1 atom stereocenters. The topological polar surface area (TPSA) is 83.6 Å². The molecular formula is C13H19NO3. The molecule has 94 valence electrons. The van der Waals surface area contributed by atoms with E-state index >= 15 is 0 Å². The average Bonchev–Trinajstić information content (AvgIpc) is 2.25. The van der Waals surface area contributed by atoms with Crippen LogP contribution in [-0.2, 0) is 4.79 Å². The smallest absolute Gasteiger partial charge is 0.303 e. The van der Waals surface area contributed by atoms with Crippen LogP contribution in [0.1, 0.15) is 49.8 Å². The van der Waals surface area contributed by atoms with Crippen molar-refractivity contribution in [2.45, 2.75) is 38.6 Å². The van der Waals surface area contributed by atoms with Crippen LogP contribution in [0.3, 0.4) is 0 Å². The van der Waals surface area contributed by atoms with Gasteiger partial charge in [-0.15, -0.1) is 0 Å². The van der Waals surface area contributed by atoms with Crippen LogP contribution >= 0.6 is 0 Å². The number of aromatic hydroxyl groups is 1. The lowest BCUT2D eigenvalue weighted by atomic mass is 9.94. The van der Waals surface area contributed by atoms with Gasteiger partial charge in [-0.1, -0.05) is 32.0 Å². The predicted octanol–water partition coefficient (Wildman–Crippen LogP) is 2.38. The van der Waals surface area contributed by atoms with Crippen LogP contribution < -0.4 is 5.73 Å². The zero-order valence-corrected chi connectivity index (χ0v) is 10.2. The van der Waals surface area contributed by atoms with Gasteiger partial charge in [-0.05, 0) is 17.9 Å². The van der Waals surface area contributed by atoms with Crippen molar-refractivity contribution in [3.05, 3.63) is 29.3 Å². The van der Waals surface area contributed by atoms with Gasteiger partial charge in [0.25, 0.3) is 0 Å². The van der Waals surface area contributed by atoms with Crippen molar-refractivity contribution >= 4 is 5.97 Å². The number of carboxylic acids is 1. The van der Waals surface area contributed by atoms with Crippen LogP contribution in [0.2, 0.25) is 0 Å². The maximum absolute atomic E-state index is 10.5. The molecule has 0 aliphatic rings. The fourth-order valence-electron chi connectivity index (χ4n) is 1.78. The maximum atomic E-state index is 10.5. The third kappa shape index (κ3) is 3.46. The Morgan fingerprint density at radius 2 is 1.94 bits per heavy atom. The number of phenols is 1. The number of benzene rings is 1. The van der Waals surface area contributed by atoms with Crippen molar-refractivity contribution in [1.82, 2.24) is 0 Å². The quantitative estimate of drug-likeness (QED) is 0.734. The molecule has 17 heavy (non-hydrogen) atoms. The number of para-hydroxylation sites is 1. The second kappa shape index (κ2) is 5.68. The van der Waals surface area contributed by atoms with E-state index in [0.717, 1.165) is 5.56 Å². The first kappa shape index (κ1) is 13.5. The number of aliphatic carboxylic acids is 1. The number of carbonyl (C=O) groups is 1. The molecule has 0 fully saturated rings. The van der Waals surface area contributed by atoms with Crippen LogP contribution in [0.5, 0.6) is 5.75 Å². The van der Waals surface area contributed by atoms with Gasteiger partial charge in [-0.2, -0.15) is 0 Å². The van der Waals surface area contributed by atoms with E-state index in [1.165, 1.54) is 0 Å². The molecule has 0 bridgehead atoms. The molecule has 0 saturated heterocycles. The van der Waals surface area contributed by atoms with E-state index in [-0.39, 0.29) is 18.1 Å². The number of nitrogens with two attached hydrogens (primary N) is 1. The second-order valence-corrected chi connectivity index (χ2v) is 4.48. The van der Waals surface area contributed by atoms with E-state index in [9.17, 15) is 9.90 Å². The Morgan fingerprint density at radius 3 is 2.47 bits per heavy atom. The second-order valence-electron chi connectivity index (χ2n) is 4.48. The minimum Gasteiger partial charge on any atom is -0.507 e. The molecule has 4 heteroatoms. The van der Waals surface area contributed by atoms with E-state index < -0.39 is 12.0 Å². The Hall–Kier alpha value is -1.55. The van der Waals surface area contributed by atoms with Crippen molar-refractivity contribution in [2.75, 3.05) is 0 Å². The molecule has 0 radical (unpaired) electrons. The van der Waals surface area contributed by atoms with E-state index in [0.29, 0.717) is 12.0 Å². The van der Waals surface area contributed by atoms with Gasteiger partial charge < -0.3 is 15.9 Å². The minimum atomic E-state index is -0.875. The largest absolute Gasteiger partial charge is 0.507 e. The van der Waals surface area contributed by atoms with Crippen LogP contribution in [0.4, 0.5) is 0 Å². The molecule has 0 aliphatic heterocycles. The van der Waals surface area contributed by atoms with Gasteiger partial charge in [-0.3, -0.25) is 4.79 Å². The number of hydrogen-bond acceptors (Lipinski definition) is 3. The van der Waals surface area contributed by atoms with Gasteiger partial charge in [0, 0.05) is 18.0 Å². The first-order chi connectivity index (χ1) is 7.93. The Kier molecular flexibility index (Phi) is 4.52. The summed E-state index contributed by atoms with van der Waals surface area (Å²) >= 11 is 0. The molecule has 1 unspecified atom stereocenters. The molecule has 0 aliphatic carbocycles. The summed E-state index contributed by atoms with van der Waals surface area (Å²) in [5.74, 6) is -0.470. The Labute approximate surface area is 101 Å². The summed E-state index contributed by atoms with van der Waals surface area (Å²) in [6.45, 7) is 3.98. The van der Waals surface area contributed by atoms with Crippen LogP contribution in [0.25, 0.3) is 0 Å². The molecule has 1 rings (SSSR count). The molecule has 1 aromatic rings. The lowest BCUT2D eigenvalue weighted by Crippen LogP contribution is -2.13. The first-order valence-electron chi connectivity index (χ1n) is 5.72. The fraction of sp³-hybridized carbons (Fsp3) is 0.462. The summed E-state index contributed by atoms with van der Waals surface area (Å²) in [4.78, 5) is 10.5. The third-order valence-corrected chi connectivity index (χ3v) is 2.79. The normalized spacial score (nSPS) is 12.7. The lowest BCUT2D eigenvalue weighted by Gasteiger charge is -2.16. The van der Waals surface area contributed by atoms with Gasteiger partial charge in [0.2, 0.25) is 0 Å². The first-order valence-corrected chi connectivity index (χ1v) is 5.72. The highest BCUT2D eigenvalue weighted by Gasteiger charge is 2.16. The Balaban J connectivity index is 2.90. The Morgan fingerprint density at radius 1 is 1.35 bits per heavy atom. The van der Waals surface area contributed by atoms with Crippen LogP contribution in [-0.4, -0.2) is 16.2 Å². The number of carboxylic acid groups (broad SMARTS) is 1. The summed E-state index contributed by atoms with van der Waals surface area (Å²) in [5, 5.41) is 18.7. The molecule has 0 aromatic heterocycles. The molecular weight excluding hydrogens is 218 g/mol. The molecule has 4 N–H and O–H groups in total.